The first-order valence-corrected chi connectivity index (χ1v) is 7.53. The molecule has 0 spiro atoms. The number of rotatable bonds is 4. The molecule has 0 aliphatic carbocycles. The lowest BCUT2D eigenvalue weighted by Crippen LogP contribution is -2.54. The van der Waals surface area contributed by atoms with Gasteiger partial charge in [0.25, 0.3) is 0 Å². The maximum Gasteiger partial charge on any atom is 0.248 e. The van der Waals surface area contributed by atoms with Gasteiger partial charge in [-0.3, -0.25) is 14.6 Å². The number of aromatic nitrogens is 1. The minimum Gasteiger partial charge on any atom is -0.342 e. The molecule has 1 aliphatic heterocycles. The molecule has 0 bridgehead atoms. The molecule has 2 rings (SSSR count). The molecule has 1 unspecified atom stereocenters. The van der Waals surface area contributed by atoms with Crippen LogP contribution < -0.4 is 5.32 Å². The highest BCUT2D eigenvalue weighted by Crippen LogP contribution is 2.20. The van der Waals surface area contributed by atoms with Crippen molar-refractivity contribution < 1.29 is 9.59 Å². The van der Waals surface area contributed by atoms with Gasteiger partial charge in [0, 0.05) is 19.2 Å². The molecule has 0 radical (unpaired) electrons. The Morgan fingerprint density at radius 1 is 1.38 bits per heavy atom. The summed E-state index contributed by atoms with van der Waals surface area (Å²) in [7, 11) is 0. The van der Waals surface area contributed by atoms with Crippen LogP contribution in [-0.2, 0) is 22.6 Å². The quantitative estimate of drug-likeness (QED) is 0.917. The zero-order valence-electron chi connectivity index (χ0n) is 13.0. The van der Waals surface area contributed by atoms with E-state index in [4.69, 9.17) is 0 Å². The van der Waals surface area contributed by atoms with E-state index in [0.717, 1.165) is 17.7 Å². The van der Waals surface area contributed by atoms with Gasteiger partial charge in [-0.25, -0.2) is 0 Å². The van der Waals surface area contributed by atoms with Crippen molar-refractivity contribution >= 4 is 11.8 Å². The second-order valence-corrected chi connectivity index (χ2v) is 5.67. The molecular formula is C16H23N3O2. The number of carbonyl (C=O) groups is 2. The summed E-state index contributed by atoms with van der Waals surface area (Å²) in [4.78, 5) is 30.7. The Kier molecular flexibility index (Phi) is 4.60. The highest BCUT2D eigenvalue weighted by Gasteiger charge is 2.39. The molecule has 1 saturated heterocycles. The third-order valence-electron chi connectivity index (χ3n) is 4.20. The average Bonchev–Trinajstić information content (AvgIpc) is 2.60. The molecule has 5 heteroatoms. The Bertz CT molecular complexity index is 544. The standard InChI is InChI=1S/C16H23N3O2/c1-4-12-7-6-9-17-13(12)11-19-10-8-14(20)18-16(3,5-2)15(19)21/h6-7,9H,4-5,8,10-11H2,1-3H3,(H,18,20). The van der Waals surface area contributed by atoms with Gasteiger partial charge in [0.05, 0.1) is 12.2 Å². The number of aryl methyl sites for hydroxylation is 1. The van der Waals surface area contributed by atoms with E-state index in [-0.39, 0.29) is 11.8 Å². The Balaban J connectivity index is 2.25. The average molecular weight is 289 g/mol. The largest absolute Gasteiger partial charge is 0.342 e. The van der Waals surface area contributed by atoms with Crippen LogP contribution in [0.2, 0.25) is 0 Å². The minimum absolute atomic E-state index is 0.0245. The summed E-state index contributed by atoms with van der Waals surface area (Å²) in [5.74, 6) is -0.0875. The fourth-order valence-corrected chi connectivity index (χ4v) is 2.62. The zero-order chi connectivity index (χ0) is 15.5. The fraction of sp³-hybridized carbons (Fsp3) is 0.562. The summed E-state index contributed by atoms with van der Waals surface area (Å²) in [5.41, 5.74) is 1.25. The Labute approximate surface area is 125 Å². The third-order valence-corrected chi connectivity index (χ3v) is 4.20. The molecule has 1 aliphatic rings. The Hall–Kier alpha value is -1.91. The van der Waals surface area contributed by atoms with Crippen LogP contribution in [0.1, 0.15) is 44.9 Å². The molecule has 1 atom stereocenters. The Morgan fingerprint density at radius 2 is 2.14 bits per heavy atom. The lowest BCUT2D eigenvalue weighted by Gasteiger charge is -2.31. The topological polar surface area (TPSA) is 62.3 Å². The summed E-state index contributed by atoms with van der Waals surface area (Å²) in [6, 6.07) is 3.95. The van der Waals surface area contributed by atoms with E-state index in [2.05, 4.69) is 17.2 Å². The lowest BCUT2D eigenvalue weighted by atomic mass is 9.97. The molecule has 1 aromatic rings. The summed E-state index contributed by atoms with van der Waals surface area (Å²) in [6.07, 6.45) is 3.55. The van der Waals surface area contributed by atoms with Crippen molar-refractivity contribution in [2.24, 2.45) is 0 Å². The second-order valence-electron chi connectivity index (χ2n) is 5.67. The number of hydrogen-bond acceptors (Lipinski definition) is 3. The molecule has 1 N–H and O–H groups in total. The van der Waals surface area contributed by atoms with Gasteiger partial charge in [0.15, 0.2) is 0 Å². The van der Waals surface area contributed by atoms with Crippen molar-refractivity contribution in [1.82, 2.24) is 15.2 Å². The smallest absolute Gasteiger partial charge is 0.248 e. The fourth-order valence-electron chi connectivity index (χ4n) is 2.62. The van der Waals surface area contributed by atoms with Crippen LogP contribution in [-0.4, -0.2) is 33.8 Å². The van der Waals surface area contributed by atoms with Crippen LogP contribution in [0.25, 0.3) is 0 Å². The molecule has 0 saturated carbocycles. The van der Waals surface area contributed by atoms with Crippen molar-refractivity contribution in [2.45, 2.75) is 52.1 Å². The van der Waals surface area contributed by atoms with E-state index in [0.29, 0.717) is 25.9 Å². The van der Waals surface area contributed by atoms with Gasteiger partial charge in [0.1, 0.15) is 5.54 Å². The lowest BCUT2D eigenvalue weighted by molar-refractivity contribution is -0.138. The molecule has 5 nitrogen and oxygen atoms in total. The first-order valence-electron chi connectivity index (χ1n) is 7.53. The first kappa shape index (κ1) is 15.5. The molecule has 2 amide bonds. The Morgan fingerprint density at radius 3 is 2.81 bits per heavy atom. The normalized spacial score (nSPS) is 22.9. The number of carbonyl (C=O) groups excluding carboxylic acids is 2. The number of hydrogen-bond donors (Lipinski definition) is 1. The second kappa shape index (κ2) is 6.24. The van der Waals surface area contributed by atoms with Gasteiger partial charge in [-0.2, -0.15) is 0 Å². The number of nitrogens with one attached hydrogen (secondary N) is 1. The maximum absolute atomic E-state index is 12.7. The predicted octanol–water partition coefficient (Wildman–Crippen LogP) is 1.66. The van der Waals surface area contributed by atoms with Gasteiger partial charge in [-0.15, -0.1) is 0 Å². The van der Waals surface area contributed by atoms with Crippen LogP contribution in [0.3, 0.4) is 0 Å². The van der Waals surface area contributed by atoms with Gasteiger partial charge in [-0.1, -0.05) is 19.9 Å². The van der Waals surface area contributed by atoms with E-state index in [9.17, 15) is 9.59 Å². The van der Waals surface area contributed by atoms with Crippen LogP contribution in [0.15, 0.2) is 18.3 Å². The van der Waals surface area contributed by atoms with Crippen molar-refractivity contribution in [1.29, 1.82) is 0 Å². The predicted molar refractivity (Wildman–Crippen MR) is 80.5 cm³/mol. The molecule has 1 aromatic heterocycles. The van der Waals surface area contributed by atoms with Gasteiger partial charge >= 0.3 is 0 Å². The summed E-state index contributed by atoms with van der Waals surface area (Å²) < 4.78 is 0. The van der Waals surface area contributed by atoms with Crippen molar-refractivity contribution in [3.8, 4) is 0 Å². The van der Waals surface area contributed by atoms with Crippen LogP contribution in [0, 0.1) is 0 Å². The highest BCUT2D eigenvalue weighted by molar-refractivity contribution is 5.93. The van der Waals surface area contributed by atoms with E-state index in [1.165, 1.54) is 0 Å². The summed E-state index contributed by atoms with van der Waals surface area (Å²) in [5, 5.41) is 2.85. The van der Waals surface area contributed by atoms with Crippen molar-refractivity contribution in [3.05, 3.63) is 29.6 Å². The van der Waals surface area contributed by atoms with E-state index in [1.54, 1.807) is 18.0 Å². The van der Waals surface area contributed by atoms with E-state index >= 15 is 0 Å². The van der Waals surface area contributed by atoms with Crippen molar-refractivity contribution in [3.63, 3.8) is 0 Å². The van der Waals surface area contributed by atoms with Crippen LogP contribution in [0.4, 0.5) is 0 Å². The van der Waals surface area contributed by atoms with E-state index < -0.39 is 5.54 Å². The number of nitrogens with zero attached hydrogens (tertiary/aromatic N) is 2. The van der Waals surface area contributed by atoms with Gasteiger partial charge in [0.2, 0.25) is 11.8 Å². The summed E-state index contributed by atoms with van der Waals surface area (Å²) in [6.45, 7) is 6.70. The summed E-state index contributed by atoms with van der Waals surface area (Å²) >= 11 is 0. The molecule has 21 heavy (non-hydrogen) atoms. The van der Waals surface area contributed by atoms with Gasteiger partial charge < -0.3 is 10.2 Å². The van der Waals surface area contributed by atoms with Crippen LogP contribution in [0.5, 0.6) is 0 Å². The van der Waals surface area contributed by atoms with E-state index in [1.807, 2.05) is 19.1 Å². The molecular weight excluding hydrogens is 266 g/mol. The molecule has 114 valence electrons. The monoisotopic (exact) mass is 289 g/mol. The zero-order valence-corrected chi connectivity index (χ0v) is 13.0. The van der Waals surface area contributed by atoms with Gasteiger partial charge in [-0.05, 0) is 31.4 Å². The minimum atomic E-state index is -0.811. The number of pyridine rings is 1. The SMILES string of the molecule is CCc1cccnc1CN1CCC(=O)NC(C)(CC)C1=O. The highest BCUT2D eigenvalue weighted by atomic mass is 16.2. The third kappa shape index (κ3) is 3.23. The number of amides is 2. The van der Waals surface area contributed by atoms with Crippen LogP contribution >= 0.6 is 0 Å². The maximum atomic E-state index is 12.7. The molecule has 1 fully saturated rings. The van der Waals surface area contributed by atoms with Crippen molar-refractivity contribution in [2.75, 3.05) is 6.54 Å². The first-order chi connectivity index (χ1) is 10.00. The molecule has 2 heterocycles. The molecule has 0 aromatic carbocycles.